The van der Waals surface area contributed by atoms with Crippen LogP contribution in [0.25, 0.3) is 0 Å². The summed E-state index contributed by atoms with van der Waals surface area (Å²) in [5.41, 5.74) is 0.267. The van der Waals surface area contributed by atoms with Crippen molar-refractivity contribution in [3.63, 3.8) is 0 Å². The average Bonchev–Trinajstić information content (AvgIpc) is 3.49. The first-order valence-corrected chi connectivity index (χ1v) is 20.4. The highest BCUT2D eigenvalue weighted by Crippen LogP contribution is 2.58. The molecule has 3 atom stereocenters. The summed E-state index contributed by atoms with van der Waals surface area (Å²) >= 11 is 0. The van der Waals surface area contributed by atoms with Crippen LogP contribution in [0.4, 0.5) is 0 Å². The lowest BCUT2D eigenvalue weighted by molar-refractivity contribution is -0.136. The maximum absolute atomic E-state index is 14.1. The van der Waals surface area contributed by atoms with Gasteiger partial charge in [-0.15, -0.1) is 6.58 Å². The quantitative estimate of drug-likeness (QED) is 0.105. The Morgan fingerprint density at radius 2 is 1.44 bits per heavy atom. The van der Waals surface area contributed by atoms with E-state index in [1.54, 1.807) is 0 Å². The van der Waals surface area contributed by atoms with E-state index < -0.39 is 28.2 Å². The summed E-state index contributed by atoms with van der Waals surface area (Å²) in [7, 11) is -3.49. The van der Waals surface area contributed by atoms with Gasteiger partial charge in [0.15, 0.2) is 14.1 Å². The topological polar surface area (TPSA) is 61.8 Å². The van der Waals surface area contributed by atoms with Crippen molar-refractivity contribution in [1.82, 2.24) is 0 Å². The largest absolute Gasteiger partial charge is 0.466 e. The third kappa shape index (κ3) is 5.70. The van der Waals surface area contributed by atoms with E-state index in [-0.39, 0.29) is 22.7 Å². The molecule has 0 saturated heterocycles. The fraction of sp³-hybridized carbons (Fsp3) is 0.500. The van der Waals surface area contributed by atoms with Crippen LogP contribution in [0.3, 0.4) is 0 Å². The Morgan fingerprint density at radius 3 is 1.88 bits per heavy atom. The van der Waals surface area contributed by atoms with E-state index >= 15 is 0 Å². The van der Waals surface area contributed by atoms with Crippen LogP contribution in [0.15, 0.2) is 84.5 Å². The van der Waals surface area contributed by atoms with Gasteiger partial charge in [-0.1, -0.05) is 108 Å². The van der Waals surface area contributed by atoms with Gasteiger partial charge in [0.05, 0.1) is 18.6 Å². The van der Waals surface area contributed by atoms with Gasteiger partial charge in [-0.2, -0.15) is 0 Å². The first-order chi connectivity index (χ1) is 20.5. The van der Waals surface area contributed by atoms with Crippen molar-refractivity contribution < 1.29 is 23.2 Å². The zero-order valence-electron chi connectivity index (χ0n) is 27.2. The van der Waals surface area contributed by atoms with E-state index in [9.17, 15) is 9.59 Å². The Kier molecular flexibility index (Phi) is 10.2. The number of rotatable bonds is 13. The Labute approximate surface area is 261 Å². The van der Waals surface area contributed by atoms with Crippen LogP contribution in [-0.2, 0) is 23.2 Å². The van der Waals surface area contributed by atoms with E-state index in [4.69, 9.17) is 13.6 Å². The van der Waals surface area contributed by atoms with Crippen LogP contribution in [0, 0.1) is 11.8 Å². The molecule has 0 N–H and O–H groups in total. The zero-order valence-corrected chi connectivity index (χ0v) is 29.2. The second-order valence-electron chi connectivity index (χ2n) is 13.1. The average molecular weight is 619 g/mol. The number of benzene rings is 2. The van der Waals surface area contributed by atoms with Gasteiger partial charge >= 0.3 is 5.97 Å². The standard InChI is InChI=1S/C36H50O5Si2/c1-9-36(41-42(10-2,11-3)12-4)30-23-24-31(36)33(37)32(30)29(34(38)39-8)25-26-40-43(35(5,6)7,27-19-15-13-16-20-27)28-21-17-14-18-22-28/h9,13-22,30-31H,1,10-12,23-26H2,2-8H3/b32-29-/t30-,31+,36+/m0/s1. The maximum atomic E-state index is 14.1. The summed E-state index contributed by atoms with van der Waals surface area (Å²) in [5, 5.41) is 2.16. The number of hydrogen-bond acceptors (Lipinski definition) is 5. The third-order valence-electron chi connectivity index (χ3n) is 10.3. The van der Waals surface area contributed by atoms with Crippen LogP contribution in [0.5, 0.6) is 0 Å². The highest BCUT2D eigenvalue weighted by Gasteiger charge is 2.63. The predicted molar refractivity (Wildman–Crippen MR) is 180 cm³/mol. The number of fused-ring (bicyclic) bond motifs is 2. The molecule has 232 valence electrons. The molecule has 0 radical (unpaired) electrons. The van der Waals surface area contributed by atoms with Gasteiger partial charge in [-0.25, -0.2) is 4.79 Å². The number of carbonyl (C=O) groups is 2. The summed E-state index contributed by atoms with van der Waals surface area (Å²) in [6, 6.07) is 23.9. The highest BCUT2D eigenvalue weighted by atomic mass is 28.4. The molecule has 0 aliphatic heterocycles. The SMILES string of the molecule is C=C[C@]1(O[Si](CC)(CC)CC)[C@@H]2CC[C@H]1/C(=C(\CCO[Si](c1ccccc1)(c1ccccc1)C(C)(C)C)C(=O)OC)C2=O. The summed E-state index contributed by atoms with van der Waals surface area (Å²) in [5.74, 6) is -0.933. The lowest BCUT2D eigenvalue weighted by Gasteiger charge is -2.43. The van der Waals surface area contributed by atoms with Crippen molar-refractivity contribution in [3.05, 3.63) is 84.5 Å². The van der Waals surface area contributed by atoms with Crippen LogP contribution in [0.1, 0.15) is 60.8 Å². The van der Waals surface area contributed by atoms with Crippen molar-refractivity contribution in [2.24, 2.45) is 11.8 Å². The molecule has 0 spiro atoms. The van der Waals surface area contributed by atoms with E-state index in [0.717, 1.165) is 31.0 Å². The number of Topliss-reactive ketones (excluding diaryl/α,β-unsaturated/α-hetero) is 1. The number of ketones is 1. The molecular weight excluding hydrogens is 569 g/mol. The lowest BCUT2D eigenvalue weighted by atomic mass is 9.87. The van der Waals surface area contributed by atoms with E-state index in [1.165, 1.54) is 17.5 Å². The molecule has 2 bridgehead atoms. The first kappa shape index (κ1) is 33.3. The van der Waals surface area contributed by atoms with E-state index in [0.29, 0.717) is 24.2 Å². The smallest absolute Gasteiger partial charge is 0.334 e. The van der Waals surface area contributed by atoms with Crippen molar-refractivity contribution in [2.75, 3.05) is 13.7 Å². The normalized spacial score (nSPS) is 23.4. The van der Waals surface area contributed by atoms with Crippen molar-refractivity contribution in [1.29, 1.82) is 0 Å². The molecule has 7 heteroatoms. The number of hydrogen-bond donors (Lipinski definition) is 0. The molecular formula is C36H50O5Si2. The van der Waals surface area contributed by atoms with Gasteiger partial charge in [0.1, 0.15) is 0 Å². The van der Waals surface area contributed by atoms with Crippen LogP contribution in [0.2, 0.25) is 23.2 Å². The number of carbonyl (C=O) groups excluding carboxylic acids is 2. The van der Waals surface area contributed by atoms with Crippen molar-refractivity contribution in [2.45, 2.75) is 89.6 Å². The van der Waals surface area contributed by atoms with Crippen LogP contribution in [-0.4, -0.2) is 47.7 Å². The van der Waals surface area contributed by atoms with Crippen LogP contribution >= 0.6 is 0 Å². The third-order valence-corrected chi connectivity index (χ3v) is 19.9. The van der Waals surface area contributed by atoms with Gasteiger partial charge in [-0.3, -0.25) is 4.79 Å². The number of methoxy groups -OCH3 is 1. The van der Waals surface area contributed by atoms with Crippen LogP contribution < -0.4 is 10.4 Å². The Morgan fingerprint density at radius 1 is 0.930 bits per heavy atom. The Hall–Kier alpha value is -2.59. The van der Waals surface area contributed by atoms with E-state index in [2.05, 4.69) is 96.7 Å². The minimum absolute atomic E-state index is 0.0215. The Balaban J connectivity index is 1.76. The first-order valence-electron chi connectivity index (χ1n) is 15.9. The molecule has 5 nitrogen and oxygen atoms in total. The minimum Gasteiger partial charge on any atom is -0.466 e. The molecule has 43 heavy (non-hydrogen) atoms. The van der Waals surface area contributed by atoms with E-state index in [1.807, 2.05) is 18.2 Å². The fourth-order valence-electron chi connectivity index (χ4n) is 7.80. The molecule has 0 amide bonds. The molecule has 2 aliphatic carbocycles. The second-order valence-corrected chi connectivity index (χ2v) is 22.1. The van der Waals surface area contributed by atoms with Crippen molar-refractivity contribution >= 4 is 38.8 Å². The number of ether oxygens (including phenoxy) is 1. The van der Waals surface area contributed by atoms with Gasteiger partial charge in [0, 0.05) is 30.1 Å². The molecule has 2 aromatic carbocycles. The highest BCUT2D eigenvalue weighted by molar-refractivity contribution is 6.99. The summed E-state index contributed by atoms with van der Waals surface area (Å²) in [4.78, 5) is 27.5. The molecule has 2 fully saturated rings. The molecule has 0 aromatic heterocycles. The molecule has 0 heterocycles. The monoisotopic (exact) mass is 618 g/mol. The predicted octanol–water partition coefficient (Wildman–Crippen LogP) is 6.98. The maximum Gasteiger partial charge on any atom is 0.334 e. The second kappa shape index (κ2) is 13.2. The Bertz CT molecular complexity index is 1280. The summed E-state index contributed by atoms with van der Waals surface area (Å²) in [6.45, 7) is 17.8. The molecule has 4 rings (SSSR count). The summed E-state index contributed by atoms with van der Waals surface area (Å²) < 4.78 is 19.6. The molecule has 2 aromatic rings. The molecule has 2 aliphatic rings. The lowest BCUT2D eigenvalue weighted by Crippen LogP contribution is -2.66. The van der Waals surface area contributed by atoms with Gasteiger partial charge in [-0.05, 0) is 46.4 Å². The molecule has 0 unspecified atom stereocenters. The van der Waals surface area contributed by atoms with Crippen molar-refractivity contribution in [3.8, 4) is 0 Å². The van der Waals surface area contributed by atoms with Gasteiger partial charge in [0.25, 0.3) is 8.32 Å². The van der Waals surface area contributed by atoms with Gasteiger partial charge in [0.2, 0.25) is 0 Å². The van der Waals surface area contributed by atoms with Gasteiger partial charge < -0.3 is 13.6 Å². The zero-order chi connectivity index (χ0) is 31.5. The fourth-order valence-corrected chi connectivity index (χ4v) is 15.4. The molecule has 2 saturated carbocycles. The number of esters is 1. The summed E-state index contributed by atoms with van der Waals surface area (Å²) in [6.07, 6.45) is 3.74. The minimum atomic E-state index is -2.81.